The Bertz CT molecular complexity index is 539. The van der Waals surface area contributed by atoms with E-state index < -0.39 is 6.10 Å². The molecule has 0 bridgehead atoms. The van der Waals surface area contributed by atoms with Crippen LogP contribution in [0, 0.1) is 5.82 Å². The maximum atomic E-state index is 13.2. The Balaban J connectivity index is 1.83. The zero-order valence-electron chi connectivity index (χ0n) is 14.4. The minimum atomic E-state index is -0.475. The first-order chi connectivity index (χ1) is 11.5. The molecule has 2 rings (SSSR count). The summed E-state index contributed by atoms with van der Waals surface area (Å²) in [6.45, 7) is 5.16. The van der Waals surface area contributed by atoms with E-state index in [-0.39, 0.29) is 23.9 Å². The Morgan fingerprint density at radius 3 is 3.00 bits per heavy atom. The number of hydrogen-bond donors (Lipinski definition) is 2. The third-order valence-corrected chi connectivity index (χ3v) is 4.23. The molecule has 2 N–H and O–H groups in total. The number of amides is 2. The fourth-order valence-corrected chi connectivity index (χ4v) is 2.95. The van der Waals surface area contributed by atoms with Crippen LogP contribution < -0.4 is 5.32 Å². The number of carbonyl (C=O) groups is 1. The van der Waals surface area contributed by atoms with Gasteiger partial charge in [-0.15, -0.1) is 0 Å². The normalized spacial score (nSPS) is 20.5. The van der Waals surface area contributed by atoms with Crippen molar-refractivity contribution in [3.63, 3.8) is 0 Å². The molecule has 2 amide bonds. The quantitative estimate of drug-likeness (QED) is 0.837. The molecule has 1 heterocycles. The highest BCUT2D eigenvalue weighted by Gasteiger charge is 2.28. The van der Waals surface area contributed by atoms with Crippen molar-refractivity contribution in [1.29, 1.82) is 0 Å². The van der Waals surface area contributed by atoms with E-state index in [1.807, 2.05) is 13.0 Å². The Labute approximate surface area is 142 Å². The molecule has 24 heavy (non-hydrogen) atoms. The van der Waals surface area contributed by atoms with Gasteiger partial charge in [0.05, 0.1) is 25.4 Å². The van der Waals surface area contributed by atoms with Crippen LogP contribution >= 0.6 is 0 Å². The monoisotopic (exact) mass is 338 g/mol. The second-order valence-corrected chi connectivity index (χ2v) is 6.53. The molecule has 3 atom stereocenters. The van der Waals surface area contributed by atoms with Gasteiger partial charge in [0.25, 0.3) is 0 Å². The average molecular weight is 338 g/mol. The highest BCUT2D eigenvalue weighted by atomic mass is 19.1. The van der Waals surface area contributed by atoms with E-state index in [9.17, 15) is 14.3 Å². The molecule has 1 aromatic carbocycles. The molecule has 1 aliphatic heterocycles. The fraction of sp³-hybridized carbons (Fsp3) is 0.611. The molecular weight excluding hydrogens is 311 g/mol. The topological polar surface area (TPSA) is 61.8 Å². The van der Waals surface area contributed by atoms with E-state index >= 15 is 0 Å². The average Bonchev–Trinajstić information content (AvgIpc) is 2.53. The molecule has 6 heteroatoms. The van der Waals surface area contributed by atoms with E-state index in [0.717, 1.165) is 12.0 Å². The summed E-state index contributed by atoms with van der Waals surface area (Å²) < 4.78 is 18.6. The number of nitrogens with zero attached hydrogens (tertiary/aromatic N) is 1. The molecular formula is C18H27FN2O3. The first-order valence-electron chi connectivity index (χ1n) is 8.53. The largest absolute Gasteiger partial charge is 0.393 e. The van der Waals surface area contributed by atoms with Crippen LogP contribution in [0.25, 0.3) is 0 Å². The van der Waals surface area contributed by atoms with Crippen LogP contribution in [0.1, 0.15) is 32.3 Å². The molecule has 5 nitrogen and oxygen atoms in total. The smallest absolute Gasteiger partial charge is 0.318 e. The van der Waals surface area contributed by atoms with Crippen molar-refractivity contribution >= 4 is 6.03 Å². The van der Waals surface area contributed by atoms with Crippen molar-refractivity contribution in [3.05, 3.63) is 35.6 Å². The molecule has 0 saturated carbocycles. The van der Waals surface area contributed by atoms with Gasteiger partial charge in [-0.3, -0.25) is 0 Å². The van der Waals surface area contributed by atoms with Crippen LogP contribution in [-0.4, -0.2) is 54.0 Å². The third-order valence-electron chi connectivity index (χ3n) is 4.23. The lowest BCUT2D eigenvalue weighted by Crippen LogP contribution is -2.54. The van der Waals surface area contributed by atoms with Gasteiger partial charge in [0.2, 0.25) is 0 Å². The maximum absolute atomic E-state index is 13.2. The van der Waals surface area contributed by atoms with Crippen molar-refractivity contribution in [2.45, 2.75) is 51.3 Å². The zero-order chi connectivity index (χ0) is 17.5. The number of morpholine rings is 1. The van der Waals surface area contributed by atoms with Crippen molar-refractivity contribution < 1.29 is 19.0 Å². The predicted molar refractivity (Wildman–Crippen MR) is 90.3 cm³/mol. The number of aliphatic hydroxyl groups is 1. The summed E-state index contributed by atoms with van der Waals surface area (Å²) in [4.78, 5) is 14.2. The predicted octanol–water partition coefficient (Wildman–Crippen LogP) is 2.33. The van der Waals surface area contributed by atoms with Gasteiger partial charge >= 0.3 is 6.03 Å². The van der Waals surface area contributed by atoms with Crippen molar-refractivity contribution in [3.8, 4) is 0 Å². The van der Waals surface area contributed by atoms with Crippen LogP contribution in [0.15, 0.2) is 24.3 Å². The minimum Gasteiger partial charge on any atom is -0.393 e. The second-order valence-electron chi connectivity index (χ2n) is 6.53. The highest BCUT2D eigenvalue weighted by Crippen LogP contribution is 2.14. The lowest BCUT2D eigenvalue weighted by atomic mass is 10.1. The lowest BCUT2D eigenvalue weighted by molar-refractivity contribution is -0.00476. The van der Waals surface area contributed by atoms with Gasteiger partial charge in [0, 0.05) is 12.6 Å². The number of hydrogen-bond acceptors (Lipinski definition) is 3. The summed E-state index contributed by atoms with van der Waals surface area (Å²) in [6, 6.07) is 6.28. The van der Waals surface area contributed by atoms with Gasteiger partial charge in [-0.25, -0.2) is 9.18 Å². The summed E-state index contributed by atoms with van der Waals surface area (Å²) in [7, 11) is 0. The molecule has 0 aliphatic carbocycles. The fourth-order valence-electron chi connectivity index (χ4n) is 2.95. The number of aryl methyl sites for hydroxylation is 1. The number of ether oxygens (including phenoxy) is 1. The minimum absolute atomic E-state index is 0.0178. The van der Waals surface area contributed by atoms with Crippen LogP contribution in [0.5, 0.6) is 0 Å². The molecule has 1 fully saturated rings. The van der Waals surface area contributed by atoms with Gasteiger partial charge in [-0.2, -0.15) is 0 Å². The Morgan fingerprint density at radius 1 is 1.50 bits per heavy atom. The van der Waals surface area contributed by atoms with Crippen molar-refractivity contribution in [2.24, 2.45) is 0 Å². The third kappa shape index (κ3) is 5.76. The van der Waals surface area contributed by atoms with E-state index in [1.165, 1.54) is 12.1 Å². The molecule has 3 unspecified atom stereocenters. The van der Waals surface area contributed by atoms with Gasteiger partial charge in [-0.1, -0.05) is 12.1 Å². The SMILES string of the molecule is CC(O)CC1COCCN1C(=O)NC(C)CCc1cccc(F)c1. The van der Waals surface area contributed by atoms with Crippen LogP contribution in [0.3, 0.4) is 0 Å². The molecule has 0 spiro atoms. The van der Waals surface area contributed by atoms with Gasteiger partial charge in [0.15, 0.2) is 0 Å². The van der Waals surface area contributed by atoms with Crippen LogP contribution in [0.2, 0.25) is 0 Å². The molecule has 0 radical (unpaired) electrons. The molecule has 1 aliphatic rings. The molecule has 1 aromatic rings. The lowest BCUT2D eigenvalue weighted by Gasteiger charge is -2.37. The number of rotatable bonds is 6. The van der Waals surface area contributed by atoms with Crippen LogP contribution in [0.4, 0.5) is 9.18 Å². The number of benzene rings is 1. The number of halogens is 1. The molecule has 1 saturated heterocycles. The van der Waals surface area contributed by atoms with E-state index in [4.69, 9.17) is 4.74 Å². The standard InChI is InChI=1S/C18H27FN2O3/c1-13(6-7-15-4-3-5-16(19)11-15)20-18(23)21-8-9-24-12-17(21)10-14(2)22/h3-5,11,13-14,17,22H,6-10,12H2,1-2H3,(H,20,23). The Morgan fingerprint density at radius 2 is 2.29 bits per heavy atom. The van der Waals surface area contributed by atoms with E-state index in [0.29, 0.717) is 32.6 Å². The van der Waals surface area contributed by atoms with Gasteiger partial charge < -0.3 is 20.1 Å². The van der Waals surface area contributed by atoms with Gasteiger partial charge in [-0.05, 0) is 50.8 Å². The van der Waals surface area contributed by atoms with Gasteiger partial charge in [0.1, 0.15) is 5.82 Å². The first-order valence-corrected chi connectivity index (χ1v) is 8.53. The van der Waals surface area contributed by atoms with E-state index in [1.54, 1.807) is 17.9 Å². The number of nitrogens with one attached hydrogen (secondary N) is 1. The maximum Gasteiger partial charge on any atom is 0.318 e. The Kier molecular flexibility index (Phi) is 6.99. The first kappa shape index (κ1) is 18.7. The number of urea groups is 1. The number of aliphatic hydroxyl groups excluding tert-OH is 1. The highest BCUT2D eigenvalue weighted by molar-refractivity contribution is 5.75. The number of carbonyl (C=O) groups excluding carboxylic acids is 1. The van der Waals surface area contributed by atoms with Crippen LogP contribution in [-0.2, 0) is 11.2 Å². The molecule has 0 aromatic heterocycles. The summed E-state index contributed by atoms with van der Waals surface area (Å²) in [6.07, 6.45) is 1.47. The molecule has 134 valence electrons. The summed E-state index contributed by atoms with van der Waals surface area (Å²) in [5.74, 6) is -0.238. The van der Waals surface area contributed by atoms with Crippen molar-refractivity contribution in [1.82, 2.24) is 10.2 Å². The summed E-state index contributed by atoms with van der Waals surface area (Å²) >= 11 is 0. The summed E-state index contributed by atoms with van der Waals surface area (Å²) in [5, 5.41) is 12.6. The summed E-state index contributed by atoms with van der Waals surface area (Å²) in [5.41, 5.74) is 0.925. The van der Waals surface area contributed by atoms with Crippen molar-refractivity contribution in [2.75, 3.05) is 19.8 Å². The Hall–Kier alpha value is -1.66. The van der Waals surface area contributed by atoms with E-state index in [2.05, 4.69) is 5.32 Å². The second kappa shape index (κ2) is 8.99. The zero-order valence-corrected chi connectivity index (χ0v) is 14.4.